The molecule has 0 unspecified atom stereocenters. The minimum Gasteiger partial charge on any atom is -0.377 e. The molecule has 6 rings (SSSR count). The number of aryl methyl sites for hydroxylation is 1. The number of thiophene rings is 1. The molecule has 5 heterocycles. The summed E-state index contributed by atoms with van der Waals surface area (Å²) in [5.74, 6) is 1.48. The fraction of sp³-hybridized carbons (Fsp3) is 0.483. The number of fused-ring (bicyclic) bond motifs is 2. The Balaban J connectivity index is 1.36. The number of carbonyl (C=O) groups excluding carboxylic acids is 1. The van der Waals surface area contributed by atoms with Gasteiger partial charge in [0.1, 0.15) is 0 Å². The highest BCUT2D eigenvalue weighted by Crippen LogP contribution is 2.39. The van der Waals surface area contributed by atoms with Gasteiger partial charge in [-0.1, -0.05) is 18.2 Å². The molecular formula is C29H37N7O2S. The van der Waals surface area contributed by atoms with Crippen LogP contribution in [0.25, 0.3) is 32.5 Å². The highest BCUT2D eigenvalue weighted by atomic mass is 32.1. The van der Waals surface area contributed by atoms with Crippen molar-refractivity contribution in [1.29, 1.82) is 0 Å². The number of primary amides is 1. The predicted octanol–water partition coefficient (Wildman–Crippen LogP) is 3.75. The molecule has 3 N–H and O–H groups in total. The van der Waals surface area contributed by atoms with Crippen LogP contribution in [0.5, 0.6) is 0 Å². The van der Waals surface area contributed by atoms with Crippen LogP contribution in [-0.2, 0) is 16.1 Å². The first-order chi connectivity index (χ1) is 18.7. The number of aromatic amines is 1. The first kappa shape index (κ1) is 26.2. The number of nitrogens with zero attached hydrogens (tertiary/aromatic N) is 5. The van der Waals surface area contributed by atoms with Crippen molar-refractivity contribution in [3.63, 3.8) is 0 Å². The predicted molar refractivity (Wildman–Crippen MR) is 157 cm³/mol. The van der Waals surface area contributed by atoms with Gasteiger partial charge in [0.2, 0.25) is 5.91 Å². The molecule has 1 aromatic carbocycles. The average molecular weight is 548 g/mol. The summed E-state index contributed by atoms with van der Waals surface area (Å²) in [6.45, 7) is 14.7. The number of nitrogens with one attached hydrogen (secondary N) is 1. The van der Waals surface area contributed by atoms with Crippen LogP contribution < -0.4 is 10.6 Å². The normalized spacial score (nSPS) is 19.8. The Morgan fingerprint density at radius 1 is 1.18 bits per heavy atom. The van der Waals surface area contributed by atoms with E-state index in [1.54, 1.807) is 0 Å². The number of nitrogens with two attached hydrogens (primary N) is 1. The van der Waals surface area contributed by atoms with E-state index in [9.17, 15) is 4.79 Å². The maximum absolute atomic E-state index is 11.9. The largest absolute Gasteiger partial charge is 0.377 e. The van der Waals surface area contributed by atoms with Crippen molar-refractivity contribution in [2.45, 2.75) is 45.8 Å². The number of benzene rings is 1. The monoisotopic (exact) mass is 547 g/mol. The molecule has 0 aliphatic carbocycles. The molecule has 2 saturated heterocycles. The van der Waals surface area contributed by atoms with E-state index in [1.165, 1.54) is 10.4 Å². The van der Waals surface area contributed by atoms with Gasteiger partial charge in [-0.15, -0.1) is 11.3 Å². The molecular weight excluding hydrogens is 510 g/mol. The molecule has 0 bridgehead atoms. The zero-order valence-electron chi connectivity index (χ0n) is 23.2. The van der Waals surface area contributed by atoms with E-state index in [0.717, 1.165) is 77.6 Å². The van der Waals surface area contributed by atoms with Gasteiger partial charge in [0, 0.05) is 66.8 Å². The zero-order chi connectivity index (χ0) is 27.3. The molecule has 0 saturated carbocycles. The first-order valence-electron chi connectivity index (χ1n) is 13.7. The SMILES string of the molecule is Cc1c(CN2CCN(C(C)(C)C(N)=O)CC2)sc2c(N3CCOC[C@@H]3C)nc(-c3c[nH]c4ccccc34)nc12. The van der Waals surface area contributed by atoms with Crippen molar-refractivity contribution >= 4 is 44.2 Å². The number of amides is 1. The molecule has 1 amide bonds. The van der Waals surface area contributed by atoms with Crippen LogP contribution in [0.1, 0.15) is 31.2 Å². The third-order valence-electron chi connectivity index (χ3n) is 8.45. The molecule has 9 nitrogen and oxygen atoms in total. The fourth-order valence-electron chi connectivity index (χ4n) is 5.71. The molecule has 206 valence electrons. The van der Waals surface area contributed by atoms with E-state index < -0.39 is 5.54 Å². The molecule has 0 spiro atoms. The van der Waals surface area contributed by atoms with Crippen LogP contribution in [0.2, 0.25) is 0 Å². The Morgan fingerprint density at radius 2 is 1.95 bits per heavy atom. The molecule has 39 heavy (non-hydrogen) atoms. The topological polar surface area (TPSA) is 104 Å². The summed E-state index contributed by atoms with van der Waals surface area (Å²) in [6.07, 6.45) is 2.02. The third-order valence-corrected chi connectivity index (χ3v) is 9.71. The highest BCUT2D eigenvalue weighted by Gasteiger charge is 2.35. The molecule has 2 aliphatic rings. The number of para-hydroxylation sites is 1. The number of carbonyl (C=O) groups is 1. The zero-order valence-corrected chi connectivity index (χ0v) is 24.0. The second-order valence-electron chi connectivity index (χ2n) is 11.3. The lowest BCUT2D eigenvalue weighted by atomic mass is 10.0. The minimum absolute atomic E-state index is 0.236. The van der Waals surface area contributed by atoms with E-state index in [-0.39, 0.29) is 11.9 Å². The Bertz CT molecular complexity index is 1520. The van der Waals surface area contributed by atoms with Gasteiger partial charge in [-0.25, -0.2) is 9.97 Å². The minimum atomic E-state index is -0.627. The molecule has 4 aromatic rings. The van der Waals surface area contributed by atoms with Gasteiger partial charge in [-0.3, -0.25) is 14.6 Å². The Labute approximate surface area is 232 Å². The maximum atomic E-state index is 11.9. The Hall–Kier alpha value is -3.05. The quantitative estimate of drug-likeness (QED) is 0.379. The number of morpholine rings is 1. The summed E-state index contributed by atoms with van der Waals surface area (Å²) in [5, 5.41) is 1.13. The summed E-state index contributed by atoms with van der Waals surface area (Å²) in [7, 11) is 0. The van der Waals surface area contributed by atoms with Gasteiger partial charge in [0.25, 0.3) is 0 Å². The van der Waals surface area contributed by atoms with Crippen LogP contribution in [0.4, 0.5) is 5.82 Å². The first-order valence-corrected chi connectivity index (χ1v) is 14.5. The van der Waals surface area contributed by atoms with Crippen LogP contribution in [0.15, 0.2) is 30.5 Å². The van der Waals surface area contributed by atoms with Crippen LogP contribution in [0.3, 0.4) is 0 Å². The summed E-state index contributed by atoms with van der Waals surface area (Å²) >= 11 is 1.82. The van der Waals surface area contributed by atoms with Gasteiger partial charge in [0.15, 0.2) is 11.6 Å². The number of rotatable bonds is 6. The lowest BCUT2D eigenvalue weighted by molar-refractivity contribution is -0.129. The number of ether oxygens (including phenoxy) is 1. The van der Waals surface area contributed by atoms with E-state index in [1.807, 2.05) is 37.4 Å². The lowest BCUT2D eigenvalue weighted by Gasteiger charge is -2.42. The fourth-order valence-corrected chi connectivity index (χ4v) is 7.00. The van der Waals surface area contributed by atoms with Gasteiger partial charge in [0.05, 0.1) is 35.0 Å². The van der Waals surface area contributed by atoms with E-state index in [4.69, 9.17) is 20.4 Å². The number of anilines is 1. The van der Waals surface area contributed by atoms with Crippen LogP contribution in [-0.4, -0.2) is 88.2 Å². The van der Waals surface area contributed by atoms with E-state index in [0.29, 0.717) is 13.2 Å². The Morgan fingerprint density at radius 3 is 2.69 bits per heavy atom. The van der Waals surface area contributed by atoms with Crippen LogP contribution >= 0.6 is 11.3 Å². The number of aromatic nitrogens is 3. The molecule has 3 aromatic heterocycles. The standard InChI is InChI=1S/C29H37N7O2S/c1-18-17-38-14-13-36(18)27-25-24(32-26(33-27)21-15-31-22-8-6-5-7-20(21)22)19(2)23(39-25)16-34-9-11-35(12-10-34)29(3,4)28(30)37/h5-8,15,18,31H,9-14,16-17H2,1-4H3,(H2,30,37)/t18-/m0/s1. The van der Waals surface area contributed by atoms with E-state index >= 15 is 0 Å². The summed E-state index contributed by atoms with van der Waals surface area (Å²) in [4.78, 5) is 34.1. The van der Waals surface area contributed by atoms with Gasteiger partial charge < -0.3 is 20.4 Å². The molecule has 10 heteroatoms. The average Bonchev–Trinajstić information content (AvgIpc) is 3.50. The summed E-state index contributed by atoms with van der Waals surface area (Å²) < 4.78 is 6.90. The van der Waals surface area contributed by atoms with Crippen LogP contribution in [0, 0.1) is 6.92 Å². The molecule has 1 atom stereocenters. The van der Waals surface area contributed by atoms with Gasteiger partial charge in [-0.05, 0) is 39.3 Å². The third kappa shape index (κ3) is 4.69. The number of H-pyrrole nitrogens is 1. The number of hydrogen-bond acceptors (Lipinski definition) is 8. The summed E-state index contributed by atoms with van der Waals surface area (Å²) in [6, 6.07) is 8.54. The highest BCUT2D eigenvalue weighted by molar-refractivity contribution is 7.19. The van der Waals surface area contributed by atoms with Gasteiger partial charge >= 0.3 is 0 Å². The van der Waals surface area contributed by atoms with Crippen molar-refractivity contribution in [3.05, 3.63) is 40.9 Å². The molecule has 2 fully saturated rings. The smallest absolute Gasteiger partial charge is 0.237 e. The Kier molecular flexibility index (Phi) is 6.83. The molecule has 0 radical (unpaired) electrons. The molecule has 2 aliphatic heterocycles. The van der Waals surface area contributed by atoms with Crippen molar-refractivity contribution in [3.8, 4) is 11.4 Å². The van der Waals surface area contributed by atoms with Crippen molar-refractivity contribution < 1.29 is 9.53 Å². The van der Waals surface area contributed by atoms with E-state index in [2.05, 4.69) is 51.7 Å². The van der Waals surface area contributed by atoms with Crippen molar-refractivity contribution in [1.82, 2.24) is 24.8 Å². The summed E-state index contributed by atoms with van der Waals surface area (Å²) in [5.41, 5.74) is 9.40. The second kappa shape index (κ2) is 10.2. The van der Waals surface area contributed by atoms with Gasteiger partial charge in [-0.2, -0.15) is 0 Å². The maximum Gasteiger partial charge on any atom is 0.237 e. The second-order valence-corrected chi connectivity index (χ2v) is 12.4. The van der Waals surface area contributed by atoms with Crippen molar-refractivity contribution in [2.24, 2.45) is 5.73 Å². The lowest BCUT2D eigenvalue weighted by Crippen LogP contribution is -2.59. The number of hydrogen-bond donors (Lipinski definition) is 2. The number of piperazine rings is 1. The van der Waals surface area contributed by atoms with Crippen molar-refractivity contribution in [2.75, 3.05) is 50.8 Å².